The number of ether oxygens (including phenoxy) is 2. The molecule has 32 heavy (non-hydrogen) atoms. The molecule has 0 saturated heterocycles. The van der Waals surface area contributed by atoms with E-state index in [1.807, 2.05) is 0 Å². The Bertz CT molecular complexity index is 1410. The molecule has 12 heteroatoms. The van der Waals surface area contributed by atoms with E-state index in [4.69, 9.17) is 9.15 Å². The number of hydrogen-bond donors (Lipinski definition) is 1. The highest BCUT2D eigenvalue weighted by Crippen LogP contribution is 2.31. The molecule has 0 atom stereocenters. The van der Waals surface area contributed by atoms with Crippen LogP contribution in [0.5, 0.6) is 17.4 Å². The molecule has 0 aliphatic carbocycles. The first kappa shape index (κ1) is 19.6. The molecule has 0 unspecified atom stereocenters. The lowest BCUT2D eigenvalue weighted by molar-refractivity contribution is -0.274. The molecule has 5 aromatic rings. The minimum Gasteiger partial charge on any atom is -0.438 e. The van der Waals surface area contributed by atoms with Gasteiger partial charge in [-0.25, -0.2) is 9.97 Å². The van der Waals surface area contributed by atoms with Crippen LogP contribution in [-0.4, -0.2) is 31.1 Å². The van der Waals surface area contributed by atoms with Crippen LogP contribution in [0.2, 0.25) is 0 Å². The molecule has 0 bridgehead atoms. The highest BCUT2D eigenvalue weighted by atomic mass is 19.4. The van der Waals surface area contributed by atoms with Gasteiger partial charge in [-0.15, -0.1) is 13.2 Å². The second kappa shape index (κ2) is 7.41. The highest BCUT2D eigenvalue weighted by molar-refractivity contribution is 5.81. The van der Waals surface area contributed by atoms with Crippen molar-refractivity contribution < 1.29 is 27.1 Å². The maximum atomic E-state index is 12.3. The van der Waals surface area contributed by atoms with Gasteiger partial charge in [-0.1, -0.05) is 0 Å². The molecule has 0 spiro atoms. The molecule has 3 heterocycles. The predicted octanol–water partition coefficient (Wildman–Crippen LogP) is 4.94. The van der Waals surface area contributed by atoms with Crippen molar-refractivity contribution in [3.63, 3.8) is 0 Å². The van der Waals surface area contributed by atoms with Crippen LogP contribution < -0.4 is 14.8 Å². The van der Waals surface area contributed by atoms with Gasteiger partial charge in [-0.3, -0.25) is 4.68 Å². The van der Waals surface area contributed by atoms with Crippen LogP contribution >= 0.6 is 0 Å². The number of aryl methyl sites for hydroxylation is 1. The Balaban J connectivity index is 1.35. The van der Waals surface area contributed by atoms with E-state index in [1.165, 1.54) is 30.6 Å². The van der Waals surface area contributed by atoms with E-state index in [9.17, 15) is 13.2 Å². The molecular weight excluding hydrogens is 429 g/mol. The number of halogens is 3. The number of anilines is 2. The first-order valence-electron chi connectivity index (χ1n) is 9.18. The molecule has 162 valence electrons. The summed E-state index contributed by atoms with van der Waals surface area (Å²) in [4.78, 5) is 12.7. The molecule has 5 rings (SSSR count). The number of hydrogen-bond acceptors (Lipinski definition) is 8. The molecule has 9 nitrogen and oxygen atoms in total. The van der Waals surface area contributed by atoms with Crippen LogP contribution in [0.1, 0.15) is 0 Å². The quantitative estimate of drug-likeness (QED) is 0.409. The van der Waals surface area contributed by atoms with Crippen LogP contribution in [0, 0.1) is 0 Å². The van der Waals surface area contributed by atoms with Crippen LogP contribution in [-0.2, 0) is 7.05 Å². The molecule has 0 radical (unpaired) electrons. The van der Waals surface area contributed by atoms with Crippen molar-refractivity contribution in [2.75, 3.05) is 5.32 Å². The van der Waals surface area contributed by atoms with Gasteiger partial charge < -0.3 is 19.2 Å². The Morgan fingerprint density at radius 1 is 1.03 bits per heavy atom. The third-order valence-corrected chi connectivity index (χ3v) is 4.41. The van der Waals surface area contributed by atoms with E-state index in [0.717, 1.165) is 0 Å². The van der Waals surface area contributed by atoms with Gasteiger partial charge in [-0.2, -0.15) is 10.1 Å². The summed E-state index contributed by atoms with van der Waals surface area (Å²) >= 11 is 0. The zero-order valence-corrected chi connectivity index (χ0v) is 16.3. The first-order valence-corrected chi connectivity index (χ1v) is 9.18. The van der Waals surface area contributed by atoms with E-state index in [1.54, 1.807) is 36.1 Å². The fourth-order valence-electron chi connectivity index (χ4n) is 3.02. The van der Waals surface area contributed by atoms with Crippen molar-refractivity contribution in [2.24, 2.45) is 7.05 Å². The van der Waals surface area contributed by atoms with Gasteiger partial charge in [-0.05, 0) is 36.4 Å². The third-order valence-electron chi connectivity index (χ3n) is 4.41. The Morgan fingerprint density at radius 3 is 2.59 bits per heavy atom. The summed E-state index contributed by atoms with van der Waals surface area (Å²) in [6.07, 6.45) is -1.74. The summed E-state index contributed by atoms with van der Waals surface area (Å²) in [6, 6.07) is 10.4. The summed E-state index contributed by atoms with van der Waals surface area (Å²) in [7, 11) is 1.77. The van der Waals surface area contributed by atoms with Crippen molar-refractivity contribution >= 4 is 33.8 Å². The summed E-state index contributed by atoms with van der Waals surface area (Å²) in [5, 5.41) is 7.70. The van der Waals surface area contributed by atoms with Crippen molar-refractivity contribution in [1.29, 1.82) is 0 Å². The lowest BCUT2D eigenvalue weighted by Crippen LogP contribution is -2.16. The summed E-state index contributed by atoms with van der Waals surface area (Å²) in [6.45, 7) is 0. The van der Waals surface area contributed by atoms with Gasteiger partial charge >= 0.3 is 6.36 Å². The summed E-state index contributed by atoms with van der Waals surface area (Å²) < 4.78 is 53.8. The van der Waals surface area contributed by atoms with E-state index in [2.05, 4.69) is 30.1 Å². The smallest absolute Gasteiger partial charge is 0.438 e. The van der Waals surface area contributed by atoms with E-state index in [-0.39, 0.29) is 11.8 Å². The fraction of sp³-hybridized carbons (Fsp3) is 0.100. The minimum atomic E-state index is -4.75. The molecule has 0 saturated carbocycles. The largest absolute Gasteiger partial charge is 0.573 e. The highest BCUT2D eigenvalue weighted by Gasteiger charge is 2.31. The van der Waals surface area contributed by atoms with Gasteiger partial charge in [0, 0.05) is 18.8 Å². The molecule has 0 amide bonds. The number of benzene rings is 2. The molecule has 0 aliphatic heterocycles. The van der Waals surface area contributed by atoms with Gasteiger partial charge in [0.15, 0.2) is 11.2 Å². The van der Waals surface area contributed by atoms with Crippen molar-refractivity contribution in [2.45, 2.75) is 6.36 Å². The summed E-state index contributed by atoms with van der Waals surface area (Å²) in [5.74, 6) is 0.509. The van der Waals surface area contributed by atoms with Crippen molar-refractivity contribution in [1.82, 2.24) is 24.7 Å². The maximum Gasteiger partial charge on any atom is 0.573 e. The zero-order valence-electron chi connectivity index (χ0n) is 16.3. The molecule has 2 aromatic carbocycles. The van der Waals surface area contributed by atoms with Gasteiger partial charge in [0.25, 0.3) is 6.01 Å². The van der Waals surface area contributed by atoms with Crippen LogP contribution in [0.15, 0.2) is 59.4 Å². The first-order chi connectivity index (χ1) is 15.3. The second-order valence-corrected chi connectivity index (χ2v) is 6.63. The molecule has 0 fully saturated rings. The van der Waals surface area contributed by atoms with Crippen LogP contribution in [0.25, 0.3) is 22.1 Å². The van der Waals surface area contributed by atoms with Gasteiger partial charge in [0.1, 0.15) is 28.7 Å². The Hall–Kier alpha value is -4.35. The average Bonchev–Trinajstić information content (AvgIpc) is 3.32. The predicted molar refractivity (Wildman–Crippen MR) is 107 cm³/mol. The number of oxazole rings is 1. The lowest BCUT2D eigenvalue weighted by Gasteiger charge is -2.09. The molecule has 1 N–H and O–H groups in total. The van der Waals surface area contributed by atoms with Crippen LogP contribution in [0.3, 0.4) is 0 Å². The van der Waals surface area contributed by atoms with E-state index < -0.39 is 6.36 Å². The van der Waals surface area contributed by atoms with Gasteiger partial charge in [0.2, 0.25) is 5.88 Å². The standard InChI is InChI=1S/C20H13F3N6O3/c1-29-17-14(9-26-29)18(25-10-24-17)30-13-6-7-16-15(8-13)28-19(31-16)27-11-2-4-12(5-3-11)32-20(21,22)23/h2-10H,1H3,(H,27,28). The van der Waals surface area contributed by atoms with E-state index in [0.29, 0.717) is 39.5 Å². The van der Waals surface area contributed by atoms with Crippen molar-refractivity contribution in [3.05, 3.63) is 55.0 Å². The number of aromatic nitrogens is 5. The zero-order chi connectivity index (χ0) is 22.3. The minimum absolute atomic E-state index is 0.165. The van der Waals surface area contributed by atoms with E-state index >= 15 is 0 Å². The normalized spacial score (nSPS) is 11.8. The summed E-state index contributed by atoms with van der Waals surface area (Å²) in [5.41, 5.74) is 2.11. The second-order valence-electron chi connectivity index (χ2n) is 6.63. The maximum absolute atomic E-state index is 12.3. The Labute approximate surface area is 177 Å². The average molecular weight is 442 g/mol. The Kier molecular flexibility index (Phi) is 4.54. The number of fused-ring (bicyclic) bond motifs is 2. The SMILES string of the molecule is Cn1ncc2c(Oc3ccc4oc(Nc5ccc(OC(F)(F)F)cc5)nc4c3)ncnc21. The number of alkyl halides is 3. The molecular formula is C20H13F3N6O3. The van der Waals surface area contributed by atoms with Crippen molar-refractivity contribution in [3.8, 4) is 17.4 Å². The topological polar surface area (TPSA) is 100 Å². The monoisotopic (exact) mass is 442 g/mol. The number of nitrogens with zero attached hydrogens (tertiary/aromatic N) is 5. The van der Waals surface area contributed by atoms with Crippen LogP contribution in [0.4, 0.5) is 24.9 Å². The number of rotatable bonds is 5. The molecule has 0 aliphatic rings. The fourth-order valence-corrected chi connectivity index (χ4v) is 3.02. The third kappa shape index (κ3) is 3.97. The lowest BCUT2D eigenvalue weighted by atomic mass is 10.3. The Morgan fingerprint density at radius 2 is 1.81 bits per heavy atom. The van der Waals surface area contributed by atoms with Gasteiger partial charge in [0.05, 0.1) is 6.20 Å². The number of nitrogens with one attached hydrogen (secondary N) is 1. The molecule has 3 aromatic heterocycles.